The summed E-state index contributed by atoms with van der Waals surface area (Å²) in [6.45, 7) is 2.07. The normalized spacial score (nSPS) is 17.3. The molecule has 1 aliphatic rings. The molecule has 0 aromatic heterocycles. The summed E-state index contributed by atoms with van der Waals surface area (Å²) in [5.74, 6) is 0.0562. The molecule has 0 amide bonds. The molecular weight excluding hydrogens is 288 g/mol. The van der Waals surface area contributed by atoms with Crippen molar-refractivity contribution in [2.24, 2.45) is 0 Å². The third-order valence-electron chi connectivity index (χ3n) is 3.90. The van der Waals surface area contributed by atoms with Crippen LogP contribution >= 0.6 is 0 Å². The monoisotopic (exact) mass is 312 g/mol. The molecule has 2 rings (SSSR count). The molecule has 21 heavy (non-hydrogen) atoms. The van der Waals surface area contributed by atoms with Crippen molar-refractivity contribution in [2.75, 3.05) is 27.3 Å². The van der Waals surface area contributed by atoms with Crippen molar-refractivity contribution < 1.29 is 13.2 Å². The van der Waals surface area contributed by atoms with E-state index >= 15 is 0 Å². The highest BCUT2D eigenvalue weighted by molar-refractivity contribution is 7.88. The lowest BCUT2D eigenvalue weighted by Crippen LogP contribution is -2.41. The van der Waals surface area contributed by atoms with E-state index in [1.807, 2.05) is 31.3 Å². The highest BCUT2D eigenvalue weighted by Gasteiger charge is 2.27. The minimum atomic E-state index is -3.28. The van der Waals surface area contributed by atoms with Crippen molar-refractivity contribution in [2.45, 2.75) is 31.2 Å². The van der Waals surface area contributed by atoms with Crippen molar-refractivity contribution >= 4 is 10.0 Å². The van der Waals surface area contributed by atoms with Gasteiger partial charge in [-0.05, 0) is 31.0 Å². The van der Waals surface area contributed by atoms with Gasteiger partial charge < -0.3 is 10.1 Å². The minimum absolute atomic E-state index is 0.0562. The summed E-state index contributed by atoms with van der Waals surface area (Å²) >= 11 is 0. The Balaban J connectivity index is 2.02. The molecule has 6 heteroatoms. The van der Waals surface area contributed by atoms with E-state index in [2.05, 4.69) is 5.32 Å². The molecule has 5 nitrogen and oxygen atoms in total. The molecule has 1 saturated heterocycles. The van der Waals surface area contributed by atoms with Crippen LogP contribution in [0.1, 0.15) is 24.0 Å². The second-order valence-corrected chi connectivity index (χ2v) is 7.49. The van der Waals surface area contributed by atoms with Crippen molar-refractivity contribution in [1.82, 2.24) is 9.62 Å². The lowest BCUT2D eigenvalue weighted by molar-refractivity contribution is 0.0632. The smallest absolute Gasteiger partial charge is 0.218 e. The van der Waals surface area contributed by atoms with Crippen molar-refractivity contribution in [3.8, 4) is 0 Å². The highest BCUT2D eigenvalue weighted by Crippen LogP contribution is 2.19. The maximum atomic E-state index is 12.5. The van der Waals surface area contributed by atoms with Gasteiger partial charge in [-0.3, -0.25) is 0 Å². The number of ether oxygens (including phenoxy) is 1. The van der Waals surface area contributed by atoms with Gasteiger partial charge in [-0.2, -0.15) is 0 Å². The van der Waals surface area contributed by atoms with Crippen LogP contribution in [0.15, 0.2) is 24.3 Å². The van der Waals surface area contributed by atoms with Crippen LogP contribution in [0.3, 0.4) is 0 Å². The number of nitrogens with one attached hydrogen (secondary N) is 1. The molecule has 1 aliphatic heterocycles. The first kappa shape index (κ1) is 16.4. The van der Waals surface area contributed by atoms with Gasteiger partial charge >= 0.3 is 0 Å². The van der Waals surface area contributed by atoms with E-state index in [4.69, 9.17) is 4.74 Å². The third kappa shape index (κ3) is 4.51. The number of benzene rings is 1. The molecule has 0 bridgehead atoms. The molecule has 0 spiro atoms. The van der Waals surface area contributed by atoms with E-state index in [0.29, 0.717) is 13.2 Å². The number of hydrogen-bond acceptors (Lipinski definition) is 4. The van der Waals surface area contributed by atoms with E-state index in [1.165, 1.54) is 4.31 Å². The van der Waals surface area contributed by atoms with Crippen molar-refractivity contribution in [3.63, 3.8) is 0 Å². The molecule has 1 aromatic carbocycles. The van der Waals surface area contributed by atoms with E-state index in [0.717, 1.165) is 30.5 Å². The first-order valence-corrected chi connectivity index (χ1v) is 8.90. The Labute approximate surface area is 127 Å². The zero-order valence-electron chi connectivity index (χ0n) is 12.7. The molecule has 1 fully saturated rings. The molecule has 0 radical (unpaired) electrons. The highest BCUT2D eigenvalue weighted by atomic mass is 32.2. The number of nitrogens with zero attached hydrogens (tertiary/aromatic N) is 1. The molecule has 0 atom stereocenters. The summed E-state index contributed by atoms with van der Waals surface area (Å²) in [7, 11) is 0.295. The predicted octanol–water partition coefficient (Wildman–Crippen LogP) is 1.35. The number of sulfonamides is 1. The Morgan fingerprint density at radius 1 is 1.19 bits per heavy atom. The molecule has 1 aromatic rings. The van der Waals surface area contributed by atoms with Crippen LogP contribution in [0.25, 0.3) is 0 Å². The van der Waals surface area contributed by atoms with Gasteiger partial charge in [0.15, 0.2) is 0 Å². The molecule has 1 N–H and O–H groups in total. The fraction of sp³-hybridized carbons (Fsp3) is 0.600. The molecule has 118 valence electrons. The largest absolute Gasteiger partial charge is 0.381 e. The number of hydrogen-bond donors (Lipinski definition) is 1. The summed E-state index contributed by atoms with van der Waals surface area (Å²) < 4.78 is 31.8. The second-order valence-electron chi connectivity index (χ2n) is 5.46. The van der Waals surface area contributed by atoms with E-state index in [9.17, 15) is 8.42 Å². The zero-order valence-corrected chi connectivity index (χ0v) is 13.5. The van der Waals surface area contributed by atoms with Crippen molar-refractivity contribution in [1.29, 1.82) is 0 Å². The number of rotatable bonds is 6. The fourth-order valence-corrected chi connectivity index (χ4v) is 4.03. The van der Waals surface area contributed by atoms with Gasteiger partial charge in [-0.1, -0.05) is 24.3 Å². The predicted molar refractivity (Wildman–Crippen MR) is 83.4 cm³/mol. The first-order valence-electron chi connectivity index (χ1n) is 7.29. The Kier molecular flexibility index (Phi) is 5.75. The van der Waals surface area contributed by atoms with Crippen LogP contribution in [0, 0.1) is 0 Å². The third-order valence-corrected chi connectivity index (χ3v) is 5.77. The van der Waals surface area contributed by atoms with Crippen LogP contribution in [0.2, 0.25) is 0 Å². The average molecular weight is 312 g/mol. The Hall–Kier alpha value is -0.950. The summed E-state index contributed by atoms with van der Waals surface area (Å²) in [4.78, 5) is 0. The fourth-order valence-electron chi connectivity index (χ4n) is 2.55. The second kappa shape index (κ2) is 7.35. The summed E-state index contributed by atoms with van der Waals surface area (Å²) in [6.07, 6.45) is 1.55. The maximum absolute atomic E-state index is 12.5. The van der Waals surface area contributed by atoms with E-state index in [-0.39, 0.29) is 11.8 Å². The lowest BCUT2D eigenvalue weighted by atomic mass is 10.1. The Morgan fingerprint density at radius 3 is 2.33 bits per heavy atom. The van der Waals surface area contributed by atoms with Crippen molar-refractivity contribution in [3.05, 3.63) is 35.4 Å². The van der Waals surface area contributed by atoms with Crippen LogP contribution in [-0.4, -0.2) is 46.1 Å². The van der Waals surface area contributed by atoms with Crippen LogP contribution < -0.4 is 5.32 Å². The maximum Gasteiger partial charge on any atom is 0.218 e. The van der Waals surface area contributed by atoms with Crippen LogP contribution in [0.4, 0.5) is 0 Å². The molecule has 0 unspecified atom stereocenters. The quantitative estimate of drug-likeness (QED) is 0.861. The van der Waals surface area contributed by atoms with Gasteiger partial charge in [0.1, 0.15) is 0 Å². The van der Waals surface area contributed by atoms with Gasteiger partial charge in [0.05, 0.1) is 5.75 Å². The van der Waals surface area contributed by atoms with Crippen LogP contribution in [-0.2, 0) is 27.1 Å². The van der Waals surface area contributed by atoms with Gasteiger partial charge in [0.25, 0.3) is 0 Å². The average Bonchev–Trinajstić information content (AvgIpc) is 2.49. The molecular formula is C15H24N2O3S. The van der Waals surface area contributed by atoms with E-state index in [1.54, 1.807) is 7.05 Å². The van der Waals surface area contributed by atoms with Crippen LogP contribution in [0.5, 0.6) is 0 Å². The topological polar surface area (TPSA) is 58.6 Å². The van der Waals surface area contributed by atoms with Gasteiger partial charge in [0, 0.05) is 32.8 Å². The summed E-state index contributed by atoms with van der Waals surface area (Å²) in [6, 6.07) is 7.78. The Bertz CT molecular complexity index is 537. The first-order chi connectivity index (χ1) is 10.0. The van der Waals surface area contributed by atoms with E-state index < -0.39 is 10.0 Å². The summed E-state index contributed by atoms with van der Waals surface area (Å²) in [5.41, 5.74) is 1.98. The van der Waals surface area contributed by atoms with Gasteiger partial charge in [-0.15, -0.1) is 0 Å². The minimum Gasteiger partial charge on any atom is -0.381 e. The summed E-state index contributed by atoms with van der Waals surface area (Å²) in [5, 5.41) is 3.07. The molecule has 0 saturated carbocycles. The molecule has 0 aliphatic carbocycles. The standard InChI is InChI=1S/C15H24N2O3S/c1-16-11-13-3-5-14(6-4-13)12-21(18,19)17(2)15-7-9-20-10-8-15/h3-6,15-16H,7-12H2,1-2H3. The van der Waals surface area contributed by atoms with Gasteiger partial charge in [0.2, 0.25) is 10.0 Å². The molecule has 1 heterocycles. The van der Waals surface area contributed by atoms with Gasteiger partial charge in [-0.25, -0.2) is 12.7 Å². The Morgan fingerprint density at radius 2 is 1.76 bits per heavy atom. The SMILES string of the molecule is CNCc1ccc(CS(=O)(=O)N(C)C2CCOCC2)cc1. The lowest BCUT2D eigenvalue weighted by Gasteiger charge is -2.30. The zero-order chi connectivity index (χ0) is 15.3.